The van der Waals surface area contributed by atoms with E-state index in [0.29, 0.717) is 16.7 Å². The zero-order valence-electron chi connectivity index (χ0n) is 22.5. The maximum atomic E-state index is 16.0. The molecule has 0 bridgehead atoms. The van der Waals surface area contributed by atoms with Gasteiger partial charge in [-0.15, -0.1) is 0 Å². The first-order chi connectivity index (χ1) is 18.6. The smallest absolute Gasteiger partial charge is 0.339 e. The van der Waals surface area contributed by atoms with E-state index in [1.807, 2.05) is 24.3 Å². The minimum Gasteiger partial charge on any atom is -0.478 e. The third kappa shape index (κ3) is 3.94. The standard InChI is InChI=1S/C31H31F3N2O2Si/c1-18-28(32)26(27(31(37)38)30(34)29(18)33)25-21-10-8-19(35-12-4-5-13-35)16-23(21)39(2,3)24-17-20(9-11-22(24)25)36-14-6-7-15-36/h8-11,16-17H,4-7,12-15H2,1-3H3/p+1. The van der Waals surface area contributed by atoms with E-state index >= 15 is 8.78 Å². The van der Waals surface area contributed by atoms with Crippen LogP contribution in [0.2, 0.25) is 13.1 Å². The van der Waals surface area contributed by atoms with Crippen molar-refractivity contribution in [3.05, 3.63) is 86.9 Å². The van der Waals surface area contributed by atoms with Crippen molar-refractivity contribution in [3.8, 4) is 0 Å². The summed E-state index contributed by atoms with van der Waals surface area (Å²) in [6, 6.07) is 6.08. The maximum Gasteiger partial charge on any atom is 0.339 e. The van der Waals surface area contributed by atoms with Gasteiger partial charge in [-0.25, -0.2) is 22.5 Å². The summed E-state index contributed by atoms with van der Waals surface area (Å²) in [5.41, 5.74) is 2.03. The van der Waals surface area contributed by atoms with Gasteiger partial charge in [-0.05, 0) is 65.1 Å². The Morgan fingerprint density at radius 1 is 0.974 bits per heavy atom. The molecular weight excluding hydrogens is 517 g/mol. The van der Waals surface area contributed by atoms with Gasteiger partial charge in [-0.2, -0.15) is 0 Å². The largest absolute Gasteiger partial charge is 0.478 e. The maximum absolute atomic E-state index is 16.0. The number of fused-ring (bicyclic) bond motifs is 2. The van der Waals surface area contributed by atoms with Gasteiger partial charge in [0.25, 0.3) is 0 Å². The molecule has 8 heteroatoms. The molecule has 1 N–H and O–H groups in total. The summed E-state index contributed by atoms with van der Waals surface area (Å²) in [6.07, 6.45) is 10.6. The molecule has 202 valence electrons. The molecule has 4 nitrogen and oxygen atoms in total. The zero-order chi connectivity index (χ0) is 27.6. The van der Waals surface area contributed by atoms with Crippen LogP contribution in [0.25, 0.3) is 5.57 Å². The summed E-state index contributed by atoms with van der Waals surface area (Å²) < 4.78 is 48.2. The molecule has 0 saturated carbocycles. The summed E-state index contributed by atoms with van der Waals surface area (Å²) in [5, 5.41) is 12.1. The van der Waals surface area contributed by atoms with Gasteiger partial charge in [-0.1, -0.05) is 19.2 Å². The predicted octanol–water partition coefficient (Wildman–Crippen LogP) is 5.72. The lowest BCUT2D eigenvalue weighted by Crippen LogP contribution is -2.50. The molecule has 0 spiro atoms. The Morgan fingerprint density at radius 2 is 1.67 bits per heavy atom. The average molecular weight is 550 g/mol. The normalized spacial score (nSPS) is 19.9. The fraction of sp³-hybridized carbons (Fsp3) is 0.355. The van der Waals surface area contributed by atoms with Crippen LogP contribution in [0.15, 0.2) is 47.2 Å². The van der Waals surface area contributed by atoms with E-state index < -0.39 is 42.6 Å². The molecule has 0 amide bonds. The Labute approximate surface area is 227 Å². The molecule has 0 unspecified atom stereocenters. The number of halogens is 3. The van der Waals surface area contributed by atoms with Crippen molar-refractivity contribution in [2.24, 2.45) is 0 Å². The number of carboxylic acids is 1. The van der Waals surface area contributed by atoms with Gasteiger partial charge in [0.2, 0.25) is 0 Å². The Morgan fingerprint density at radius 3 is 2.33 bits per heavy atom. The highest BCUT2D eigenvalue weighted by atomic mass is 28.3. The fourth-order valence-electron chi connectivity index (χ4n) is 6.65. The lowest BCUT2D eigenvalue weighted by atomic mass is 9.85. The summed E-state index contributed by atoms with van der Waals surface area (Å²) in [7, 11) is -2.38. The van der Waals surface area contributed by atoms with E-state index in [-0.39, 0.29) is 5.56 Å². The molecule has 2 fully saturated rings. The van der Waals surface area contributed by atoms with Crippen molar-refractivity contribution in [2.75, 3.05) is 31.1 Å². The van der Waals surface area contributed by atoms with E-state index in [1.54, 1.807) is 0 Å². The number of nitrogens with zero attached hydrogens (tertiary/aromatic N) is 2. The van der Waals surface area contributed by atoms with E-state index in [1.165, 1.54) is 0 Å². The number of aromatic carboxylic acids is 1. The molecule has 2 saturated heterocycles. The Kier molecular flexibility index (Phi) is 6.21. The average Bonchev–Trinajstić information content (AvgIpc) is 3.65. The molecule has 39 heavy (non-hydrogen) atoms. The zero-order valence-corrected chi connectivity index (χ0v) is 23.5. The third-order valence-electron chi connectivity index (χ3n) is 8.84. The lowest BCUT2D eigenvalue weighted by molar-refractivity contribution is -0.504. The second kappa shape index (κ2) is 9.36. The van der Waals surface area contributed by atoms with Crippen molar-refractivity contribution in [1.29, 1.82) is 0 Å². The van der Waals surface area contributed by atoms with Crippen molar-refractivity contribution < 1.29 is 27.6 Å². The van der Waals surface area contributed by atoms with Crippen molar-refractivity contribution in [2.45, 2.75) is 45.7 Å². The third-order valence-corrected chi connectivity index (χ3v) is 12.4. The van der Waals surface area contributed by atoms with E-state index in [9.17, 15) is 14.3 Å². The fourth-order valence-corrected chi connectivity index (χ4v) is 9.72. The number of allylic oxidation sites excluding steroid dienone is 5. The van der Waals surface area contributed by atoms with Gasteiger partial charge in [-0.3, -0.25) is 0 Å². The summed E-state index contributed by atoms with van der Waals surface area (Å²) in [4.78, 5) is 14.7. The van der Waals surface area contributed by atoms with Gasteiger partial charge < -0.3 is 10.0 Å². The van der Waals surface area contributed by atoms with Gasteiger partial charge in [0.15, 0.2) is 17.3 Å². The van der Waals surface area contributed by atoms with Gasteiger partial charge >= 0.3 is 5.97 Å². The van der Waals surface area contributed by atoms with Gasteiger partial charge in [0.1, 0.15) is 32.5 Å². The molecule has 3 aliphatic heterocycles. The van der Waals surface area contributed by atoms with Crippen LogP contribution in [0, 0.1) is 24.4 Å². The molecule has 1 aliphatic carbocycles. The minimum absolute atomic E-state index is 0.324. The van der Waals surface area contributed by atoms with Crippen molar-refractivity contribution in [1.82, 2.24) is 0 Å². The Balaban J connectivity index is 1.70. The van der Waals surface area contributed by atoms with Gasteiger partial charge in [0.05, 0.1) is 0 Å². The second-order valence-electron chi connectivity index (χ2n) is 11.5. The van der Waals surface area contributed by atoms with E-state index in [4.69, 9.17) is 0 Å². The molecule has 0 aromatic heterocycles. The first kappa shape index (κ1) is 25.9. The first-order valence-corrected chi connectivity index (χ1v) is 16.7. The number of carbonyl (C=O) groups is 1. The topological polar surface area (TPSA) is 43.5 Å². The highest BCUT2D eigenvalue weighted by Crippen LogP contribution is 2.45. The quantitative estimate of drug-likeness (QED) is 0.302. The van der Waals surface area contributed by atoms with Gasteiger partial charge in [0, 0.05) is 54.9 Å². The molecule has 6 rings (SSSR count). The minimum atomic E-state index is -2.38. The number of anilines is 1. The van der Waals surface area contributed by atoms with Crippen LogP contribution in [0.4, 0.5) is 18.9 Å². The van der Waals surface area contributed by atoms with Crippen LogP contribution in [0.3, 0.4) is 0 Å². The highest BCUT2D eigenvalue weighted by molar-refractivity contribution is 6.98. The molecule has 2 aromatic rings. The predicted molar refractivity (Wildman–Crippen MR) is 150 cm³/mol. The van der Waals surface area contributed by atoms with Crippen LogP contribution >= 0.6 is 0 Å². The Bertz CT molecular complexity index is 1550. The van der Waals surface area contributed by atoms with Crippen LogP contribution in [-0.4, -0.2) is 55.6 Å². The molecule has 3 heterocycles. The molecule has 0 atom stereocenters. The SMILES string of the molecule is Cc1c(F)c(F)c(C(=O)O)c(C2=C3C=CC(=[N+]4CCCC4)C=C3[Si](C)(C)c3cc(N4CCCC4)ccc32)c1F. The van der Waals surface area contributed by atoms with Crippen LogP contribution in [-0.2, 0) is 0 Å². The second-order valence-corrected chi connectivity index (χ2v) is 15.8. The summed E-state index contributed by atoms with van der Waals surface area (Å²) >= 11 is 0. The molecular formula is C31H32F3N2O2Si+. The van der Waals surface area contributed by atoms with E-state index in [0.717, 1.165) is 80.6 Å². The Hall–Kier alpha value is -3.39. The molecule has 0 radical (unpaired) electrons. The number of carboxylic acid groups (broad SMARTS) is 1. The number of rotatable bonds is 3. The first-order valence-electron chi connectivity index (χ1n) is 13.7. The molecule has 2 aromatic carbocycles. The van der Waals surface area contributed by atoms with Crippen molar-refractivity contribution >= 4 is 36.2 Å². The number of benzene rings is 2. The number of hydrogen-bond donors (Lipinski definition) is 1. The summed E-state index contributed by atoms with van der Waals surface area (Å²) in [6.45, 7) is 9.53. The molecule has 4 aliphatic rings. The highest BCUT2D eigenvalue weighted by Gasteiger charge is 2.43. The monoisotopic (exact) mass is 549 g/mol. The summed E-state index contributed by atoms with van der Waals surface area (Å²) in [5.74, 6) is -5.72. The van der Waals surface area contributed by atoms with Crippen LogP contribution in [0.1, 0.15) is 52.7 Å². The van der Waals surface area contributed by atoms with Crippen LogP contribution < -0.4 is 10.1 Å². The van der Waals surface area contributed by atoms with Crippen LogP contribution in [0.5, 0.6) is 0 Å². The van der Waals surface area contributed by atoms with Crippen molar-refractivity contribution in [3.63, 3.8) is 0 Å². The lowest BCUT2D eigenvalue weighted by Gasteiger charge is -2.38. The van der Waals surface area contributed by atoms with E-state index in [2.05, 4.69) is 34.7 Å². The number of hydrogen-bond acceptors (Lipinski definition) is 2.